The van der Waals surface area contributed by atoms with E-state index in [-0.39, 0.29) is 12.8 Å². The van der Waals surface area contributed by atoms with Crippen LogP contribution in [0, 0.1) is 0 Å². The molecular formula is C5H7NO5. The molecule has 0 atom stereocenters. The largest absolute Gasteiger partial charge is 0.481 e. The van der Waals surface area contributed by atoms with Gasteiger partial charge in [-0.2, -0.15) is 0 Å². The Kier molecular flexibility index (Phi) is 3.65. The van der Waals surface area contributed by atoms with Crippen molar-refractivity contribution in [1.82, 2.24) is 0 Å². The molecule has 0 amide bonds. The average molecular weight is 161 g/mol. The Morgan fingerprint density at radius 3 is 2.00 bits per heavy atom. The Labute approximate surface area is 61.8 Å². The molecule has 0 heterocycles. The molecule has 0 fully saturated rings. The van der Waals surface area contributed by atoms with Crippen LogP contribution in [0.2, 0.25) is 0 Å². The Morgan fingerprint density at radius 1 is 1.18 bits per heavy atom. The van der Waals surface area contributed by atoms with Crippen molar-refractivity contribution in [2.24, 2.45) is 5.16 Å². The molecule has 0 rings (SSSR count). The maximum atomic E-state index is 10.1. The second-order valence-corrected chi connectivity index (χ2v) is 1.75. The zero-order valence-corrected chi connectivity index (χ0v) is 5.52. The maximum Gasteiger partial charge on any atom is 0.353 e. The number of carbonyl (C=O) groups is 2. The number of nitrogens with zero attached hydrogens (tertiary/aromatic N) is 1. The number of hydrogen-bond acceptors (Lipinski definition) is 4. The van der Waals surface area contributed by atoms with Gasteiger partial charge in [0.1, 0.15) is 0 Å². The Balaban J connectivity index is 3.92. The summed E-state index contributed by atoms with van der Waals surface area (Å²) in [6.45, 7) is 0. The second kappa shape index (κ2) is 4.26. The van der Waals surface area contributed by atoms with Gasteiger partial charge in [0.2, 0.25) is 0 Å². The minimum absolute atomic E-state index is 0.277. The third-order valence-corrected chi connectivity index (χ3v) is 0.943. The van der Waals surface area contributed by atoms with E-state index in [1.165, 1.54) is 0 Å². The van der Waals surface area contributed by atoms with Gasteiger partial charge < -0.3 is 15.4 Å². The van der Waals surface area contributed by atoms with Crippen molar-refractivity contribution in [1.29, 1.82) is 0 Å². The van der Waals surface area contributed by atoms with Crippen LogP contribution >= 0.6 is 0 Å². The van der Waals surface area contributed by atoms with Gasteiger partial charge in [-0.1, -0.05) is 5.16 Å². The number of rotatable bonds is 4. The number of oxime groups is 1. The predicted octanol–water partition coefficient (Wildman–Crippen LogP) is -0.234. The van der Waals surface area contributed by atoms with Crippen molar-refractivity contribution in [2.45, 2.75) is 12.8 Å². The summed E-state index contributed by atoms with van der Waals surface area (Å²) in [6, 6.07) is 0. The lowest BCUT2D eigenvalue weighted by atomic mass is 10.2. The van der Waals surface area contributed by atoms with Gasteiger partial charge in [0, 0.05) is 6.42 Å². The fraction of sp³-hybridized carbons (Fsp3) is 0.400. The van der Waals surface area contributed by atoms with E-state index in [0.717, 1.165) is 0 Å². The van der Waals surface area contributed by atoms with E-state index >= 15 is 0 Å². The lowest BCUT2D eigenvalue weighted by molar-refractivity contribution is -0.136. The lowest BCUT2D eigenvalue weighted by Gasteiger charge is -1.93. The van der Waals surface area contributed by atoms with Gasteiger partial charge in [-0.25, -0.2) is 4.79 Å². The zero-order valence-electron chi connectivity index (χ0n) is 5.52. The van der Waals surface area contributed by atoms with E-state index < -0.39 is 17.7 Å². The Morgan fingerprint density at radius 2 is 1.73 bits per heavy atom. The van der Waals surface area contributed by atoms with Crippen LogP contribution in [0.1, 0.15) is 12.8 Å². The molecule has 11 heavy (non-hydrogen) atoms. The van der Waals surface area contributed by atoms with E-state index in [2.05, 4.69) is 5.16 Å². The standard InChI is InChI=1S/C5H7NO5/c7-4(8)2-1-3(6-11)5(9)10/h11H,1-2H2,(H,7,8)(H,9,10)/b6-3-. The molecule has 0 aliphatic rings. The highest BCUT2D eigenvalue weighted by Crippen LogP contribution is 1.92. The summed E-state index contributed by atoms with van der Waals surface area (Å²) < 4.78 is 0. The molecule has 6 heteroatoms. The van der Waals surface area contributed by atoms with Crippen LogP contribution in [0.4, 0.5) is 0 Å². The van der Waals surface area contributed by atoms with Crippen LogP contribution < -0.4 is 0 Å². The van der Waals surface area contributed by atoms with E-state index in [9.17, 15) is 9.59 Å². The van der Waals surface area contributed by atoms with Crippen LogP contribution in [-0.2, 0) is 9.59 Å². The first-order valence-electron chi connectivity index (χ1n) is 2.74. The number of hydrogen-bond donors (Lipinski definition) is 3. The minimum Gasteiger partial charge on any atom is -0.481 e. The van der Waals surface area contributed by atoms with Crippen LogP contribution in [0.3, 0.4) is 0 Å². The Bertz CT molecular complexity index is 197. The highest BCUT2D eigenvalue weighted by molar-refractivity contribution is 6.35. The van der Waals surface area contributed by atoms with E-state index in [1.807, 2.05) is 0 Å². The van der Waals surface area contributed by atoms with Crippen LogP contribution in [0.5, 0.6) is 0 Å². The van der Waals surface area contributed by atoms with Crippen LogP contribution in [0.25, 0.3) is 0 Å². The zero-order chi connectivity index (χ0) is 8.85. The summed E-state index contributed by atoms with van der Waals surface area (Å²) in [5.74, 6) is -2.54. The van der Waals surface area contributed by atoms with Gasteiger partial charge in [-0.3, -0.25) is 4.79 Å². The van der Waals surface area contributed by atoms with Gasteiger partial charge >= 0.3 is 11.9 Å². The molecule has 0 saturated heterocycles. The molecule has 0 aromatic heterocycles. The first kappa shape index (κ1) is 9.41. The average Bonchev–Trinajstić information content (AvgIpc) is 1.87. The summed E-state index contributed by atoms with van der Waals surface area (Å²) in [7, 11) is 0. The first-order valence-corrected chi connectivity index (χ1v) is 2.74. The third-order valence-electron chi connectivity index (χ3n) is 0.943. The predicted molar refractivity (Wildman–Crippen MR) is 33.7 cm³/mol. The fourth-order valence-corrected chi connectivity index (χ4v) is 0.425. The number of carboxylic acids is 2. The summed E-state index contributed by atoms with van der Waals surface area (Å²) in [5, 5.41) is 26.7. The van der Waals surface area contributed by atoms with Crippen molar-refractivity contribution in [3.05, 3.63) is 0 Å². The molecule has 62 valence electrons. The summed E-state index contributed by atoms with van der Waals surface area (Å²) in [4.78, 5) is 20.0. The fourth-order valence-electron chi connectivity index (χ4n) is 0.425. The molecule has 0 aliphatic carbocycles. The van der Waals surface area contributed by atoms with E-state index in [0.29, 0.717) is 0 Å². The maximum absolute atomic E-state index is 10.1. The number of aliphatic carboxylic acids is 2. The number of carboxylic acid groups (broad SMARTS) is 2. The summed E-state index contributed by atoms with van der Waals surface area (Å²) in [5.41, 5.74) is -0.549. The molecule has 0 aliphatic heterocycles. The van der Waals surface area contributed by atoms with Gasteiger partial charge in [0.25, 0.3) is 0 Å². The van der Waals surface area contributed by atoms with Crippen molar-refractivity contribution in [2.75, 3.05) is 0 Å². The van der Waals surface area contributed by atoms with Gasteiger partial charge in [0.05, 0.1) is 6.42 Å². The topological polar surface area (TPSA) is 107 Å². The molecule has 0 unspecified atom stereocenters. The molecular weight excluding hydrogens is 154 g/mol. The normalized spacial score (nSPS) is 11.1. The molecule has 6 nitrogen and oxygen atoms in total. The van der Waals surface area contributed by atoms with E-state index in [4.69, 9.17) is 15.4 Å². The quantitative estimate of drug-likeness (QED) is 0.300. The van der Waals surface area contributed by atoms with Crippen molar-refractivity contribution in [3.63, 3.8) is 0 Å². The molecule has 3 N–H and O–H groups in total. The molecule has 0 spiro atoms. The molecule has 0 saturated carbocycles. The molecule has 0 aromatic rings. The third kappa shape index (κ3) is 3.90. The molecule has 0 radical (unpaired) electrons. The summed E-state index contributed by atoms with van der Waals surface area (Å²) in [6.07, 6.45) is -0.632. The molecule has 0 bridgehead atoms. The van der Waals surface area contributed by atoms with Crippen molar-refractivity contribution in [3.8, 4) is 0 Å². The van der Waals surface area contributed by atoms with Crippen LogP contribution in [-0.4, -0.2) is 33.1 Å². The highest BCUT2D eigenvalue weighted by atomic mass is 16.4. The van der Waals surface area contributed by atoms with Gasteiger partial charge in [-0.05, 0) is 0 Å². The Hall–Kier alpha value is -1.59. The smallest absolute Gasteiger partial charge is 0.353 e. The van der Waals surface area contributed by atoms with Gasteiger partial charge in [0.15, 0.2) is 5.71 Å². The minimum atomic E-state index is -1.41. The van der Waals surface area contributed by atoms with E-state index in [1.54, 1.807) is 0 Å². The molecule has 0 aromatic carbocycles. The first-order chi connectivity index (χ1) is 5.07. The van der Waals surface area contributed by atoms with Gasteiger partial charge in [-0.15, -0.1) is 0 Å². The second-order valence-electron chi connectivity index (χ2n) is 1.75. The SMILES string of the molecule is O=C(O)CC/C(=N/O)C(=O)O. The summed E-state index contributed by atoms with van der Waals surface area (Å²) >= 11 is 0. The lowest BCUT2D eigenvalue weighted by Crippen LogP contribution is -2.14. The van der Waals surface area contributed by atoms with Crippen molar-refractivity contribution >= 4 is 17.7 Å². The van der Waals surface area contributed by atoms with Crippen LogP contribution in [0.15, 0.2) is 5.16 Å². The van der Waals surface area contributed by atoms with Crippen molar-refractivity contribution < 1.29 is 25.0 Å². The monoisotopic (exact) mass is 161 g/mol. The highest BCUT2D eigenvalue weighted by Gasteiger charge is 2.11.